The summed E-state index contributed by atoms with van der Waals surface area (Å²) in [7, 11) is 0. The van der Waals surface area contributed by atoms with Crippen molar-refractivity contribution in [3.63, 3.8) is 0 Å². The normalized spacial score (nSPS) is 28.4. The number of nitrogens with zero attached hydrogens (tertiary/aromatic N) is 1. The Morgan fingerprint density at radius 1 is 0.870 bits per heavy atom. The van der Waals surface area contributed by atoms with Gasteiger partial charge in [0.1, 0.15) is 0 Å². The highest BCUT2D eigenvalue weighted by Gasteiger charge is 2.40. The summed E-state index contributed by atoms with van der Waals surface area (Å²) >= 11 is 0. The van der Waals surface area contributed by atoms with Crippen LogP contribution in [0, 0.1) is 11.8 Å². The lowest BCUT2D eigenvalue weighted by atomic mass is 9.63. The van der Waals surface area contributed by atoms with Gasteiger partial charge in [-0.25, -0.2) is 0 Å². The average Bonchev–Trinajstić information content (AvgIpc) is 2.63. The first-order valence-electron chi connectivity index (χ1n) is 8.42. The van der Waals surface area contributed by atoms with Gasteiger partial charge in [0.25, 0.3) is 0 Å². The average molecular weight is 303 g/mol. The van der Waals surface area contributed by atoms with E-state index in [0.717, 1.165) is 18.6 Å². The fourth-order valence-electron chi connectivity index (χ4n) is 4.28. The minimum absolute atomic E-state index is 0.265. The van der Waals surface area contributed by atoms with Gasteiger partial charge in [-0.15, -0.1) is 0 Å². The fourth-order valence-corrected chi connectivity index (χ4v) is 4.28. The molecule has 0 radical (unpaired) electrons. The third kappa shape index (κ3) is 2.48. The smallest absolute Gasteiger partial charge is 0.0685 e. The van der Waals surface area contributed by atoms with Gasteiger partial charge in [-0.1, -0.05) is 78.3 Å². The molecule has 1 N–H and O–H groups in total. The van der Waals surface area contributed by atoms with Crippen molar-refractivity contribution in [2.24, 2.45) is 17.0 Å². The molecule has 2 nitrogen and oxygen atoms in total. The van der Waals surface area contributed by atoms with Crippen LogP contribution in [0.3, 0.4) is 0 Å². The van der Waals surface area contributed by atoms with Gasteiger partial charge in [-0.3, -0.25) is 0 Å². The summed E-state index contributed by atoms with van der Waals surface area (Å²) in [6.45, 7) is 0. The van der Waals surface area contributed by atoms with Crippen LogP contribution in [0.1, 0.15) is 36.3 Å². The summed E-state index contributed by atoms with van der Waals surface area (Å²) in [6, 6.07) is 21.2. The summed E-state index contributed by atoms with van der Waals surface area (Å²) in [4.78, 5) is 0. The minimum Gasteiger partial charge on any atom is -0.411 e. The highest BCUT2D eigenvalue weighted by molar-refractivity contribution is 6.01. The molecule has 0 aliphatic heterocycles. The molecule has 3 atom stereocenters. The summed E-state index contributed by atoms with van der Waals surface area (Å²) < 4.78 is 0. The third-order valence-electron chi connectivity index (χ3n) is 5.32. The topological polar surface area (TPSA) is 32.6 Å². The van der Waals surface area contributed by atoms with Crippen molar-refractivity contribution >= 4 is 11.3 Å². The lowest BCUT2D eigenvalue weighted by molar-refractivity contribution is 0.301. The van der Waals surface area contributed by atoms with Crippen LogP contribution in [0.4, 0.5) is 0 Å². The van der Waals surface area contributed by atoms with Gasteiger partial charge < -0.3 is 5.21 Å². The van der Waals surface area contributed by atoms with Crippen molar-refractivity contribution in [1.82, 2.24) is 0 Å². The van der Waals surface area contributed by atoms with Crippen LogP contribution in [0.15, 0.2) is 71.9 Å². The Labute approximate surface area is 137 Å². The minimum atomic E-state index is 0.265. The van der Waals surface area contributed by atoms with Crippen molar-refractivity contribution in [3.05, 3.63) is 77.9 Å². The lowest BCUT2D eigenvalue weighted by Gasteiger charge is -2.40. The van der Waals surface area contributed by atoms with Gasteiger partial charge in [0, 0.05) is 17.8 Å². The second-order valence-electron chi connectivity index (χ2n) is 6.54. The monoisotopic (exact) mass is 303 g/mol. The molecule has 0 heterocycles. The van der Waals surface area contributed by atoms with E-state index < -0.39 is 0 Å². The SMILES string of the molecule is O/N=C1\C2CCCC1C(c1ccccc1)C=C2c1ccccc1. The first kappa shape index (κ1) is 14.3. The molecule has 2 aromatic rings. The summed E-state index contributed by atoms with van der Waals surface area (Å²) in [5.41, 5.74) is 4.86. The number of hydrogen-bond donors (Lipinski definition) is 1. The Morgan fingerprint density at radius 3 is 2.26 bits per heavy atom. The molecule has 2 heteroatoms. The number of rotatable bonds is 2. The molecule has 2 aliphatic carbocycles. The predicted molar refractivity (Wildman–Crippen MR) is 93.7 cm³/mol. The molecule has 0 amide bonds. The van der Waals surface area contributed by atoms with Crippen molar-refractivity contribution in [3.8, 4) is 0 Å². The van der Waals surface area contributed by atoms with Gasteiger partial charge in [0.2, 0.25) is 0 Å². The second kappa shape index (κ2) is 6.04. The number of oxime groups is 1. The standard InChI is InChI=1S/C21H21NO/c23-22-21-17-12-7-13-18(21)20(16-10-5-2-6-11-16)14-19(17)15-8-3-1-4-9-15/h1-6,8-11,14,17-19,23H,7,12-13H2/b22-21-. The molecule has 116 valence electrons. The van der Waals surface area contributed by atoms with Gasteiger partial charge >= 0.3 is 0 Å². The molecular formula is C21H21NO. The number of allylic oxidation sites excluding steroid dienone is 2. The predicted octanol–water partition coefficient (Wildman–Crippen LogP) is 5.11. The molecule has 0 aromatic heterocycles. The molecule has 23 heavy (non-hydrogen) atoms. The van der Waals surface area contributed by atoms with Crippen LogP contribution in [-0.4, -0.2) is 10.9 Å². The largest absolute Gasteiger partial charge is 0.411 e. The summed E-state index contributed by atoms with van der Waals surface area (Å²) in [5, 5.41) is 13.4. The first-order chi connectivity index (χ1) is 11.4. The Bertz CT molecular complexity index is 733. The third-order valence-corrected chi connectivity index (χ3v) is 5.32. The van der Waals surface area contributed by atoms with E-state index in [1.165, 1.54) is 23.1 Å². The Kier molecular flexibility index (Phi) is 3.74. The van der Waals surface area contributed by atoms with E-state index in [9.17, 15) is 5.21 Å². The van der Waals surface area contributed by atoms with Gasteiger partial charge in [0.15, 0.2) is 0 Å². The Balaban J connectivity index is 1.86. The zero-order valence-electron chi connectivity index (χ0n) is 13.1. The van der Waals surface area contributed by atoms with E-state index in [4.69, 9.17) is 0 Å². The highest BCUT2D eigenvalue weighted by atomic mass is 16.4. The molecule has 2 bridgehead atoms. The van der Waals surface area contributed by atoms with Gasteiger partial charge in [-0.05, 0) is 29.5 Å². The van der Waals surface area contributed by atoms with E-state index in [2.05, 4.69) is 65.8 Å². The maximum Gasteiger partial charge on any atom is 0.0685 e. The van der Waals surface area contributed by atoms with E-state index in [1.807, 2.05) is 6.07 Å². The van der Waals surface area contributed by atoms with Crippen LogP contribution in [-0.2, 0) is 0 Å². The maximum absolute atomic E-state index is 9.69. The van der Waals surface area contributed by atoms with Crippen LogP contribution >= 0.6 is 0 Å². The van der Waals surface area contributed by atoms with Gasteiger partial charge in [0.05, 0.1) is 5.71 Å². The Morgan fingerprint density at radius 2 is 1.57 bits per heavy atom. The molecule has 0 saturated heterocycles. The number of benzene rings is 2. The fraction of sp³-hybridized carbons (Fsp3) is 0.286. The highest BCUT2D eigenvalue weighted by Crippen LogP contribution is 2.48. The first-order valence-corrected chi connectivity index (χ1v) is 8.42. The van der Waals surface area contributed by atoms with E-state index in [0.29, 0.717) is 11.8 Å². The maximum atomic E-state index is 9.69. The molecule has 1 saturated carbocycles. The molecule has 3 unspecified atom stereocenters. The van der Waals surface area contributed by atoms with Crippen molar-refractivity contribution < 1.29 is 5.21 Å². The summed E-state index contributed by atoms with van der Waals surface area (Å²) in [6.07, 6.45) is 5.81. The molecule has 4 rings (SSSR count). The van der Waals surface area contributed by atoms with Crippen molar-refractivity contribution in [1.29, 1.82) is 0 Å². The van der Waals surface area contributed by atoms with Crippen molar-refractivity contribution in [2.75, 3.05) is 0 Å². The number of fused-ring (bicyclic) bond motifs is 2. The number of hydrogen-bond acceptors (Lipinski definition) is 2. The molecule has 2 aliphatic rings. The Hall–Kier alpha value is -2.35. The van der Waals surface area contributed by atoms with Gasteiger partial charge in [-0.2, -0.15) is 0 Å². The van der Waals surface area contributed by atoms with Crippen molar-refractivity contribution in [2.45, 2.75) is 25.2 Å². The molecule has 2 aromatic carbocycles. The quantitative estimate of drug-likeness (QED) is 0.606. The zero-order valence-corrected chi connectivity index (χ0v) is 13.1. The second-order valence-corrected chi connectivity index (χ2v) is 6.54. The molecule has 0 spiro atoms. The van der Waals surface area contributed by atoms with Crippen LogP contribution in [0.5, 0.6) is 0 Å². The van der Waals surface area contributed by atoms with Crippen LogP contribution in [0.25, 0.3) is 5.57 Å². The van der Waals surface area contributed by atoms with Crippen LogP contribution < -0.4 is 0 Å². The van der Waals surface area contributed by atoms with E-state index >= 15 is 0 Å². The van der Waals surface area contributed by atoms with Crippen LogP contribution in [0.2, 0.25) is 0 Å². The van der Waals surface area contributed by atoms with E-state index in [1.54, 1.807) is 0 Å². The summed E-state index contributed by atoms with van der Waals surface area (Å²) in [5.74, 6) is 0.892. The molecular weight excluding hydrogens is 282 g/mol. The zero-order chi connectivity index (χ0) is 15.6. The van der Waals surface area contributed by atoms with E-state index in [-0.39, 0.29) is 5.92 Å². The molecule has 1 fully saturated rings. The lowest BCUT2D eigenvalue weighted by Crippen LogP contribution is -2.36.